The number of hydrogen-bond donors (Lipinski definition) is 1. The summed E-state index contributed by atoms with van der Waals surface area (Å²) in [5.74, 6) is -1.68. The van der Waals surface area contributed by atoms with Crippen molar-refractivity contribution in [3.05, 3.63) is 71.0 Å². The molecule has 0 saturated carbocycles. The highest BCUT2D eigenvalue weighted by molar-refractivity contribution is 7.92. The average molecular weight is 349 g/mol. The van der Waals surface area contributed by atoms with Crippen LogP contribution >= 0.6 is 0 Å². The number of nitrogens with one attached hydrogen (secondary N) is 1. The lowest BCUT2D eigenvalue weighted by Gasteiger charge is -2.14. The summed E-state index contributed by atoms with van der Waals surface area (Å²) >= 11 is 0. The van der Waals surface area contributed by atoms with Gasteiger partial charge < -0.3 is 5.32 Å². The maximum absolute atomic E-state index is 13.6. The van der Waals surface area contributed by atoms with Gasteiger partial charge in [-0.05, 0) is 25.5 Å². The molecule has 0 saturated heterocycles. The van der Waals surface area contributed by atoms with Gasteiger partial charge in [-0.3, -0.25) is 4.79 Å². The van der Waals surface area contributed by atoms with Crippen LogP contribution in [-0.4, -0.2) is 19.6 Å². The number of sulfone groups is 1. The molecule has 0 aromatic heterocycles. The molecule has 1 amide bonds. The van der Waals surface area contributed by atoms with Crippen LogP contribution < -0.4 is 5.32 Å². The Morgan fingerprint density at radius 1 is 1.12 bits per heavy atom. The highest BCUT2D eigenvalue weighted by atomic mass is 32.2. The topological polar surface area (TPSA) is 63.2 Å². The quantitative estimate of drug-likeness (QED) is 0.872. The van der Waals surface area contributed by atoms with Crippen molar-refractivity contribution in [2.75, 3.05) is 0 Å². The lowest BCUT2D eigenvalue weighted by Crippen LogP contribution is -2.38. The van der Waals surface area contributed by atoms with E-state index in [0.29, 0.717) is 0 Å². The second kappa shape index (κ2) is 7.57. The summed E-state index contributed by atoms with van der Waals surface area (Å²) in [4.78, 5) is 12.1. The standard InChI is InChI=1S/C18H20FNO3S/c1-13-7-9-15(10-8-13)11-20-18(21)14(2)24(22,23)12-16-5-3-4-6-17(16)19/h3-10,14H,11-12H2,1-2H3,(H,20,21). The van der Waals surface area contributed by atoms with Crippen LogP contribution in [0.4, 0.5) is 4.39 Å². The molecule has 0 aliphatic heterocycles. The minimum Gasteiger partial charge on any atom is -0.351 e. The molecule has 0 spiro atoms. The number of halogens is 1. The molecule has 0 fully saturated rings. The lowest BCUT2D eigenvalue weighted by molar-refractivity contribution is -0.120. The summed E-state index contributed by atoms with van der Waals surface area (Å²) in [7, 11) is -3.80. The van der Waals surface area contributed by atoms with Crippen LogP contribution in [0.15, 0.2) is 48.5 Å². The second-order valence-corrected chi connectivity index (χ2v) is 8.07. The van der Waals surface area contributed by atoms with Gasteiger partial charge in [0.15, 0.2) is 9.84 Å². The first-order chi connectivity index (χ1) is 11.3. The van der Waals surface area contributed by atoms with Crippen molar-refractivity contribution in [3.63, 3.8) is 0 Å². The molecule has 128 valence electrons. The van der Waals surface area contributed by atoms with E-state index < -0.39 is 32.6 Å². The molecule has 2 rings (SSSR count). The number of carbonyl (C=O) groups excluding carboxylic acids is 1. The number of amides is 1. The van der Waals surface area contributed by atoms with Crippen molar-refractivity contribution >= 4 is 15.7 Å². The predicted molar refractivity (Wildman–Crippen MR) is 91.5 cm³/mol. The predicted octanol–water partition coefficient (Wildman–Crippen LogP) is 2.75. The first-order valence-corrected chi connectivity index (χ1v) is 9.29. The molecule has 2 aromatic rings. The molecule has 0 bridgehead atoms. The summed E-state index contributed by atoms with van der Waals surface area (Å²) in [6, 6.07) is 13.2. The van der Waals surface area contributed by atoms with Gasteiger partial charge in [0.05, 0.1) is 5.75 Å². The smallest absolute Gasteiger partial charge is 0.238 e. The van der Waals surface area contributed by atoms with Crippen molar-refractivity contribution < 1.29 is 17.6 Å². The maximum Gasteiger partial charge on any atom is 0.238 e. The van der Waals surface area contributed by atoms with Crippen molar-refractivity contribution in [1.82, 2.24) is 5.32 Å². The largest absolute Gasteiger partial charge is 0.351 e. The molecule has 4 nitrogen and oxygen atoms in total. The Labute approximate surface area is 141 Å². The fraction of sp³-hybridized carbons (Fsp3) is 0.278. The van der Waals surface area contributed by atoms with E-state index in [1.165, 1.54) is 25.1 Å². The Morgan fingerprint density at radius 3 is 2.38 bits per heavy atom. The Balaban J connectivity index is 2.00. The minimum absolute atomic E-state index is 0.0654. The molecule has 2 aromatic carbocycles. The lowest BCUT2D eigenvalue weighted by atomic mass is 10.1. The van der Waals surface area contributed by atoms with Gasteiger partial charge in [-0.1, -0.05) is 48.0 Å². The number of hydrogen-bond acceptors (Lipinski definition) is 3. The van der Waals surface area contributed by atoms with Gasteiger partial charge in [0.1, 0.15) is 11.1 Å². The van der Waals surface area contributed by atoms with Crippen LogP contribution in [0.5, 0.6) is 0 Å². The van der Waals surface area contributed by atoms with Crippen LogP contribution in [0.25, 0.3) is 0 Å². The Bertz CT molecular complexity index is 816. The third kappa shape index (κ3) is 4.64. The molecule has 0 aliphatic rings. The van der Waals surface area contributed by atoms with Crippen LogP contribution in [0, 0.1) is 12.7 Å². The first kappa shape index (κ1) is 18.1. The molecular formula is C18H20FNO3S. The van der Waals surface area contributed by atoms with Crippen molar-refractivity contribution in [1.29, 1.82) is 0 Å². The van der Waals surface area contributed by atoms with Crippen LogP contribution in [-0.2, 0) is 26.9 Å². The number of aryl methyl sites for hydroxylation is 1. The maximum atomic E-state index is 13.6. The average Bonchev–Trinajstić information content (AvgIpc) is 2.55. The number of carbonyl (C=O) groups is 1. The van der Waals surface area contributed by atoms with Gasteiger partial charge in [0, 0.05) is 12.1 Å². The van der Waals surface area contributed by atoms with Gasteiger partial charge in [-0.15, -0.1) is 0 Å². The zero-order chi connectivity index (χ0) is 17.7. The van der Waals surface area contributed by atoms with Crippen LogP contribution in [0.1, 0.15) is 23.6 Å². The van der Waals surface area contributed by atoms with E-state index in [0.717, 1.165) is 11.1 Å². The number of rotatable bonds is 6. The van der Waals surface area contributed by atoms with Crippen molar-refractivity contribution in [3.8, 4) is 0 Å². The van der Waals surface area contributed by atoms with Gasteiger partial charge in [-0.25, -0.2) is 12.8 Å². The molecule has 1 N–H and O–H groups in total. The van der Waals surface area contributed by atoms with E-state index in [4.69, 9.17) is 0 Å². The third-order valence-electron chi connectivity index (χ3n) is 3.81. The molecule has 0 heterocycles. The SMILES string of the molecule is Cc1ccc(CNC(=O)C(C)S(=O)(=O)Cc2ccccc2F)cc1. The molecule has 6 heteroatoms. The molecule has 24 heavy (non-hydrogen) atoms. The van der Waals surface area contributed by atoms with Gasteiger partial charge in [0.25, 0.3) is 0 Å². The highest BCUT2D eigenvalue weighted by Crippen LogP contribution is 2.15. The van der Waals surface area contributed by atoms with Crippen LogP contribution in [0.3, 0.4) is 0 Å². The van der Waals surface area contributed by atoms with E-state index in [9.17, 15) is 17.6 Å². The van der Waals surface area contributed by atoms with Crippen molar-refractivity contribution in [2.45, 2.75) is 31.4 Å². The summed E-state index contributed by atoms with van der Waals surface area (Å²) in [6.07, 6.45) is 0. The van der Waals surface area contributed by atoms with E-state index in [2.05, 4.69) is 5.32 Å². The molecule has 1 atom stereocenters. The minimum atomic E-state index is -3.80. The van der Waals surface area contributed by atoms with E-state index in [1.54, 1.807) is 6.07 Å². The van der Waals surface area contributed by atoms with Crippen molar-refractivity contribution in [2.24, 2.45) is 0 Å². The zero-order valence-corrected chi connectivity index (χ0v) is 14.4. The van der Waals surface area contributed by atoms with Gasteiger partial charge >= 0.3 is 0 Å². The summed E-state index contributed by atoms with van der Waals surface area (Å²) < 4.78 is 38.3. The zero-order valence-electron chi connectivity index (χ0n) is 13.6. The third-order valence-corrected chi connectivity index (χ3v) is 5.81. The summed E-state index contributed by atoms with van der Waals surface area (Å²) in [5, 5.41) is 1.37. The van der Waals surface area contributed by atoms with E-state index in [1.807, 2.05) is 31.2 Å². The molecule has 0 radical (unpaired) electrons. The fourth-order valence-corrected chi connectivity index (χ4v) is 3.49. The van der Waals surface area contributed by atoms with Gasteiger partial charge in [-0.2, -0.15) is 0 Å². The first-order valence-electron chi connectivity index (χ1n) is 7.58. The van der Waals surface area contributed by atoms with Gasteiger partial charge in [0.2, 0.25) is 5.91 Å². The van der Waals surface area contributed by atoms with Crippen LogP contribution in [0.2, 0.25) is 0 Å². The molecule has 0 aliphatic carbocycles. The normalized spacial score (nSPS) is 12.6. The van der Waals surface area contributed by atoms with E-state index >= 15 is 0 Å². The molecular weight excluding hydrogens is 329 g/mol. The van der Waals surface area contributed by atoms with E-state index in [-0.39, 0.29) is 12.1 Å². The fourth-order valence-electron chi connectivity index (χ4n) is 2.16. The number of benzene rings is 2. The molecule has 1 unspecified atom stereocenters. The summed E-state index contributed by atoms with van der Waals surface area (Å²) in [6.45, 7) is 3.53. The summed E-state index contributed by atoms with van der Waals surface area (Å²) in [5.41, 5.74) is 2.05. The highest BCUT2D eigenvalue weighted by Gasteiger charge is 2.28. The Hall–Kier alpha value is -2.21. The second-order valence-electron chi connectivity index (χ2n) is 5.74. The monoisotopic (exact) mass is 349 g/mol. The Morgan fingerprint density at radius 2 is 1.75 bits per heavy atom. The Kier molecular flexibility index (Phi) is 5.72.